The lowest BCUT2D eigenvalue weighted by Gasteiger charge is -2.06. The molecule has 0 heterocycles. The van der Waals surface area contributed by atoms with E-state index in [1.54, 1.807) is 7.11 Å². The molecule has 17 heavy (non-hydrogen) atoms. The van der Waals surface area contributed by atoms with Gasteiger partial charge in [0.25, 0.3) is 0 Å². The molecule has 3 heteroatoms. The molecule has 1 aromatic carbocycles. The molecule has 0 aliphatic rings. The van der Waals surface area contributed by atoms with E-state index < -0.39 is 0 Å². The Labute approximate surface area is 113 Å². The van der Waals surface area contributed by atoms with E-state index in [1.807, 2.05) is 6.07 Å². The van der Waals surface area contributed by atoms with E-state index in [1.165, 1.54) is 24.8 Å². The van der Waals surface area contributed by atoms with Crippen molar-refractivity contribution in [3.8, 4) is 5.75 Å². The molecule has 0 atom stereocenters. The van der Waals surface area contributed by atoms with Gasteiger partial charge in [0.1, 0.15) is 5.75 Å². The van der Waals surface area contributed by atoms with Crippen LogP contribution in [0.4, 0.5) is 0 Å². The average molecular weight is 300 g/mol. The zero-order valence-electron chi connectivity index (χ0n) is 10.8. The van der Waals surface area contributed by atoms with Crippen LogP contribution in [0.2, 0.25) is 0 Å². The number of benzene rings is 1. The van der Waals surface area contributed by atoms with Crippen LogP contribution in [0, 0.1) is 0 Å². The van der Waals surface area contributed by atoms with Crippen molar-refractivity contribution in [2.24, 2.45) is 0 Å². The second-order valence-electron chi connectivity index (χ2n) is 4.13. The van der Waals surface area contributed by atoms with Crippen molar-refractivity contribution in [1.82, 2.24) is 5.32 Å². The zero-order chi connectivity index (χ0) is 12.5. The van der Waals surface area contributed by atoms with Gasteiger partial charge in [0.05, 0.1) is 11.6 Å². The number of halogens is 1. The van der Waals surface area contributed by atoms with Gasteiger partial charge in [-0.15, -0.1) is 0 Å². The third-order valence-electron chi connectivity index (χ3n) is 2.79. The van der Waals surface area contributed by atoms with Crippen LogP contribution in [-0.4, -0.2) is 20.2 Å². The minimum absolute atomic E-state index is 0.904. The van der Waals surface area contributed by atoms with Gasteiger partial charge in [-0.25, -0.2) is 0 Å². The quantitative estimate of drug-likeness (QED) is 0.738. The van der Waals surface area contributed by atoms with Crippen LogP contribution in [0.25, 0.3) is 0 Å². The molecule has 0 aliphatic heterocycles. The zero-order valence-corrected chi connectivity index (χ0v) is 12.3. The molecule has 0 bridgehead atoms. The van der Waals surface area contributed by atoms with Crippen LogP contribution < -0.4 is 10.1 Å². The van der Waals surface area contributed by atoms with Gasteiger partial charge in [-0.3, -0.25) is 0 Å². The Kier molecular flexibility index (Phi) is 7.29. The second kappa shape index (κ2) is 8.54. The maximum atomic E-state index is 5.21. The number of rotatable bonds is 8. The standard InChI is InChI=1S/C14H22BrNO/c1-3-16-10-6-4-5-7-12-8-9-14(17-2)13(15)11-12/h8-9,11,16H,3-7,10H2,1-2H3. The first-order valence-electron chi connectivity index (χ1n) is 6.31. The Morgan fingerprint density at radius 3 is 2.71 bits per heavy atom. The topological polar surface area (TPSA) is 21.3 Å². The van der Waals surface area contributed by atoms with Crippen LogP contribution in [-0.2, 0) is 6.42 Å². The first-order valence-corrected chi connectivity index (χ1v) is 7.10. The van der Waals surface area contributed by atoms with E-state index in [0.29, 0.717) is 0 Å². The van der Waals surface area contributed by atoms with E-state index >= 15 is 0 Å². The summed E-state index contributed by atoms with van der Waals surface area (Å²) in [5, 5.41) is 3.35. The van der Waals surface area contributed by atoms with Crippen LogP contribution >= 0.6 is 15.9 Å². The van der Waals surface area contributed by atoms with Gasteiger partial charge in [0, 0.05) is 0 Å². The number of ether oxygens (including phenoxy) is 1. The molecule has 2 nitrogen and oxygen atoms in total. The summed E-state index contributed by atoms with van der Waals surface area (Å²) in [4.78, 5) is 0. The fourth-order valence-electron chi connectivity index (χ4n) is 1.80. The highest BCUT2D eigenvalue weighted by Gasteiger charge is 2.01. The number of nitrogens with one attached hydrogen (secondary N) is 1. The smallest absolute Gasteiger partial charge is 0.133 e. The van der Waals surface area contributed by atoms with Crippen LogP contribution in [0.1, 0.15) is 31.7 Å². The molecule has 0 saturated heterocycles. The van der Waals surface area contributed by atoms with Crippen molar-refractivity contribution < 1.29 is 4.74 Å². The monoisotopic (exact) mass is 299 g/mol. The van der Waals surface area contributed by atoms with Crippen molar-refractivity contribution >= 4 is 15.9 Å². The molecule has 0 radical (unpaired) electrons. The molecule has 1 aromatic rings. The predicted octanol–water partition coefficient (Wildman–Crippen LogP) is 3.78. The molecule has 0 aromatic heterocycles. The summed E-state index contributed by atoms with van der Waals surface area (Å²) in [5.74, 6) is 0.904. The molecule has 1 N–H and O–H groups in total. The molecular weight excluding hydrogens is 278 g/mol. The molecule has 96 valence electrons. The lowest BCUT2D eigenvalue weighted by molar-refractivity contribution is 0.412. The van der Waals surface area contributed by atoms with Crippen LogP contribution in [0.3, 0.4) is 0 Å². The maximum Gasteiger partial charge on any atom is 0.133 e. The lowest BCUT2D eigenvalue weighted by Crippen LogP contribution is -2.13. The highest BCUT2D eigenvalue weighted by molar-refractivity contribution is 9.10. The lowest BCUT2D eigenvalue weighted by atomic mass is 10.1. The first-order chi connectivity index (χ1) is 8.27. The number of hydrogen-bond donors (Lipinski definition) is 1. The third kappa shape index (κ3) is 5.55. The van der Waals surface area contributed by atoms with E-state index in [0.717, 1.165) is 29.7 Å². The minimum Gasteiger partial charge on any atom is -0.496 e. The number of aryl methyl sites for hydroxylation is 1. The summed E-state index contributed by atoms with van der Waals surface area (Å²) in [5.41, 5.74) is 1.38. The van der Waals surface area contributed by atoms with Crippen LogP contribution in [0.5, 0.6) is 5.75 Å². The maximum absolute atomic E-state index is 5.21. The Morgan fingerprint density at radius 1 is 1.24 bits per heavy atom. The minimum atomic E-state index is 0.904. The van der Waals surface area contributed by atoms with Gasteiger partial charge in [0.2, 0.25) is 0 Å². The summed E-state index contributed by atoms with van der Waals surface area (Å²) in [6.45, 7) is 4.36. The molecule has 0 unspecified atom stereocenters. The summed E-state index contributed by atoms with van der Waals surface area (Å²) in [6, 6.07) is 6.33. The largest absolute Gasteiger partial charge is 0.496 e. The van der Waals surface area contributed by atoms with E-state index in [4.69, 9.17) is 4.74 Å². The molecular formula is C14H22BrNO. The van der Waals surface area contributed by atoms with E-state index in [9.17, 15) is 0 Å². The van der Waals surface area contributed by atoms with Crippen molar-refractivity contribution in [1.29, 1.82) is 0 Å². The van der Waals surface area contributed by atoms with Gasteiger partial charge in [-0.1, -0.05) is 19.4 Å². The van der Waals surface area contributed by atoms with Crippen molar-refractivity contribution in [2.45, 2.75) is 32.6 Å². The number of hydrogen-bond acceptors (Lipinski definition) is 2. The fraction of sp³-hybridized carbons (Fsp3) is 0.571. The van der Waals surface area contributed by atoms with Gasteiger partial charge in [-0.2, -0.15) is 0 Å². The van der Waals surface area contributed by atoms with E-state index in [-0.39, 0.29) is 0 Å². The average Bonchev–Trinajstić information content (AvgIpc) is 2.34. The highest BCUT2D eigenvalue weighted by atomic mass is 79.9. The molecule has 0 aliphatic carbocycles. The van der Waals surface area contributed by atoms with Gasteiger partial charge in [0.15, 0.2) is 0 Å². The molecule has 0 amide bonds. The predicted molar refractivity (Wildman–Crippen MR) is 76.8 cm³/mol. The second-order valence-corrected chi connectivity index (χ2v) is 4.99. The summed E-state index contributed by atoms with van der Waals surface area (Å²) in [6.07, 6.45) is 4.96. The Bertz CT molecular complexity index is 328. The van der Waals surface area contributed by atoms with Crippen molar-refractivity contribution in [3.05, 3.63) is 28.2 Å². The molecule has 1 rings (SSSR count). The summed E-state index contributed by atoms with van der Waals surface area (Å²) >= 11 is 3.52. The van der Waals surface area contributed by atoms with Gasteiger partial charge >= 0.3 is 0 Å². The van der Waals surface area contributed by atoms with Crippen molar-refractivity contribution in [2.75, 3.05) is 20.2 Å². The molecule has 0 saturated carbocycles. The van der Waals surface area contributed by atoms with Crippen LogP contribution in [0.15, 0.2) is 22.7 Å². The Morgan fingerprint density at radius 2 is 2.06 bits per heavy atom. The number of unbranched alkanes of at least 4 members (excludes halogenated alkanes) is 2. The highest BCUT2D eigenvalue weighted by Crippen LogP contribution is 2.26. The van der Waals surface area contributed by atoms with Gasteiger partial charge < -0.3 is 10.1 Å². The SMILES string of the molecule is CCNCCCCCc1ccc(OC)c(Br)c1. The Balaban J connectivity index is 2.25. The first kappa shape index (κ1) is 14.5. The normalized spacial score (nSPS) is 10.5. The third-order valence-corrected chi connectivity index (χ3v) is 3.40. The fourth-order valence-corrected chi connectivity index (χ4v) is 2.39. The molecule has 0 fully saturated rings. The van der Waals surface area contributed by atoms with Gasteiger partial charge in [-0.05, 0) is 66.0 Å². The van der Waals surface area contributed by atoms with E-state index in [2.05, 4.69) is 40.3 Å². The number of methoxy groups -OCH3 is 1. The molecule has 0 spiro atoms. The summed E-state index contributed by atoms with van der Waals surface area (Å²) < 4.78 is 6.26. The summed E-state index contributed by atoms with van der Waals surface area (Å²) in [7, 11) is 1.69. The van der Waals surface area contributed by atoms with Crippen molar-refractivity contribution in [3.63, 3.8) is 0 Å². The Hall–Kier alpha value is -0.540.